The predicted octanol–water partition coefficient (Wildman–Crippen LogP) is 4.06. The maximum atomic E-state index is 4.45. The Morgan fingerprint density at radius 1 is 0.793 bits per heavy atom. The van der Waals surface area contributed by atoms with Gasteiger partial charge in [0.05, 0.1) is 0 Å². The number of hydrogen-bond acceptors (Lipinski definition) is 5. The number of halogens is 5. The summed E-state index contributed by atoms with van der Waals surface area (Å²) in [5.41, 5.74) is 1.20. The van der Waals surface area contributed by atoms with Crippen LogP contribution in [-0.2, 0) is 6.42 Å². The Bertz CT molecular complexity index is 444. The van der Waals surface area contributed by atoms with Gasteiger partial charge in [0, 0.05) is 51.0 Å². The Kier molecular flexibility index (Phi) is 31.2. The van der Waals surface area contributed by atoms with Crippen molar-refractivity contribution in [3.05, 3.63) is 30.1 Å². The smallest absolute Gasteiger partial charge is 0.0416 e. The molecule has 10 heteroatoms. The summed E-state index contributed by atoms with van der Waals surface area (Å²) in [6.45, 7) is 10.3. The summed E-state index contributed by atoms with van der Waals surface area (Å²) in [7, 11) is 4.48. The minimum atomic E-state index is 0. The van der Waals surface area contributed by atoms with Gasteiger partial charge in [0.25, 0.3) is 0 Å². The molecule has 2 rings (SSSR count). The van der Waals surface area contributed by atoms with Gasteiger partial charge in [-0.15, -0.1) is 84.9 Å². The molecule has 0 saturated carbocycles. The molecule has 1 saturated heterocycles. The highest BCUT2D eigenvalue weighted by Crippen LogP contribution is 2.00. The maximum Gasteiger partial charge on any atom is 0.0416 e. The summed E-state index contributed by atoms with van der Waals surface area (Å²) in [6.07, 6.45) is 5.41. The van der Waals surface area contributed by atoms with Crippen LogP contribution in [0.5, 0.6) is 0 Å². The highest BCUT2D eigenvalue weighted by Gasteiger charge is 2.08. The monoisotopic (exact) mass is 733 g/mol. The number of aromatic nitrogens is 1. The molecule has 1 aromatic rings. The molecule has 29 heavy (non-hydrogen) atoms. The molecule has 1 N–H and O–H groups in total. The lowest BCUT2D eigenvalue weighted by atomic mass is 10.2. The Morgan fingerprint density at radius 3 is 2.07 bits per heavy atom. The van der Waals surface area contributed by atoms with Crippen LogP contribution in [0.15, 0.2) is 24.4 Å². The first kappa shape index (κ1) is 37.7. The molecule has 0 atom stereocenters. The number of likely N-dealkylation sites (N-methyl/N-ethyl adjacent to an activating group) is 2. The van der Waals surface area contributed by atoms with E-state index in [9.17, 15) is 0 Å². The van der Waals surface area contributed by atoms with Crippen molar-refractivity contribution in [2.45, 2.75) is 19.3 Å². The van der Waals surface area contributed by atoms with E-state index in [1.165, 1.54) is 44.7 Å². The summed E-state index contributed by atoms with van der Waals surface area (Å²) in [4.78, 5) is 12.0. The molecule has 0 bridgehead atoms. The molecule has 0 spiro atoms. The third kappa shape index (κ3) is 18.6. The van der Waals surface area contributed by atoms with Gasteiger partial charge >= 0.3 is 0 Å². The van der Waals surface area contributed by atoms with E-state index in [4.69, 9.17) is 0 Å². The van der Waals surface area contributed by atoms with Crippen LogP contribution in [0.1, 0.15) is 18.5 Å². The Hall–Kier alpha value is 1.39. The van der Waals surface area contributed by atoms with Crippen molar-refractivity contribution >= 4 is 84.9 Å². The van der Waals surface area contributed by atoms with Gasteiger partial charge in [-0.25, -0.2) is 0 Å². The van der Waals surface area contributed by atoms with E-state index in [1.807, 2.05) is 12.3 Å². The second-order valence-corrected chi connectivity index (χ2v) is 6.98. The van der Waals surface area contributed by atoms with Crippen LogP contribution in [-0.4, -0.2) is 92.7 Å². The minimum Gasteiger partial charge on any atom is -0.315 e. The fourth-order valence-corrected chi connectivity index (χ4v) is 3.12. The fraction of sp³-hybridized carbons (Fsp3) is 0.737. The predicted molar refractivity (Wildman–Crippen MR) is 153 cm³/mol. The van der Waals surface area contributed by atoms with Gasteiger partial charge < -0.3 is 20.0 Å². The first-order valence-corrected chi connectivity index (χ1v) is 9.44. The van der Waals surface area contributed by atoms with Crippen molar-refractivity contribution in [3.63, 3.8) is 0 Å². The van der Waals surface area contributed by atoms with E-state index in [2.05, 4.69) is 51.2 Å². The Morgan fingerprint density at radius 2 is 1.45 bits per heavy atom. The molecule has 1 aliphatic rings. The van der Waals surface area contributed by atoms with E-state index in [-0.39, 0.29) is 84.9 Å². The van der Waals surface area contributed by atoms with Crippen molar-refractivity contribution in [1.29, 1.82) is 0 Å². The van der Waals surface area contributed by atoms with Gasteiger partial charge in [0.15, 0.2) is 0 Å². The number of nitrogens with one attached hydrogen (secondary N) is 1. The fourth-order valence-electron chi connectivity index (χ4n) is 3.12. The standard InChI is InChI=1S/C19H35N5.5BrH/c1-22-12-5-9-20-11-16-24(14-6-13-23(2)18-17-22)15-8-19-7-3-4-10-21-19;;;;;/h3-4,7,10,20H,5-6,8-9,11-18H2,1-2H3;5*1H. The lowest BCUT2D eigenvalue weighted by Crippen LogP contribution is -2.38. The number of hydrogen-bond donors (Lipinski definition) is 1. The molecule has 0 aromatic carbocycles. The third-order valence-electron chi connectivity index (χ3n) is 4.79. The van der Waals surface area contributed by atoms with Gasteiger partial charge in [-0.1, -0.05) is 6.07 Å². The zero-order chi connectivity index (χ0) is 17.0. The Balaban J connectivity index is -0.000000625. The first-order chi connectivity index (χ1) is 11.7. The molecule has 1 aliphatic heterocycles. The molecule has 1 aromatic heterocycles. The van der Waals surface area contributed by atoms with Crippen LogP contribution in [0.4, 0.5) is 0 Å². The quantitative estimate of drug-likeness (QED) is 0.507. The van der Waals surface area contributed by atoms with Crippen molar-refractivity contribution < 1.29 is 0 Å². The van der Waals surface area contributed by atoms with Gasteiger partial charge in [0.2, 0.25) is 0 Å². The topological polar surface area (TPSA) is 34.6 Å². The van der Waals surface area contributed by atoms with Gasteiger partial charge in [-0.05, 0) is 65.2 Å². The lowest BCUT2D eigenvalue weighted by molar-refractivity contribution is 0.221. The molecule has 5 nitrogen and oxygen atoms in total. The zero-order valence-corrected chi connectivity index (χ0v) is 26.2. The largest absolute Gasteiger partial charge is 0.315 e. The number of rotatable bonds is 3. The minimum absolute atomic E-state index is 0. The number of pyridine rings is 1. The summed E-state index contributed by atoms with van der Waals surface area (Å²) in [5.74, 6) is 0. The van der Waals surface area contributed by atoms with Crippen LogP contribution in [0, 0.1) is 0 Å². The highest BCUT2D eigenvalue weighted by molar-refractivity contribution is 8.93. The van der Waals surface area contributed by atoms with Gasteiger partial charge in [0.1, 0.15) is 0 Å². The molecule has 0 amide bonds. The normalized spacial score (nSPS) is 17.7. The van der Waals surface area contributed by atoms with Crippen LogP contribution < -0.4 is 5.32 Å². The number of nitrogens with zero attached hydrogens (tertiary/aromatic N) is 4. The van der Waals surface area contributed by atoms with Gasteiger partial charge in [-0.2, -0.15) is 0 Å². The molecule has 1 fully saturated rings. The molecule has 0 radical (unpaired) electrons. The van der Waals surface area contributed by atoms with E-state index in [1.54, 1.807) is 0 Å². The summed E-state index contributed by atoms with van der Waals surface area (Å²) < 4.78 is 0. The first-order valence-electron chi connectivity index (χ1n) is 9.44. The second-order valence-electron chi connectivity index (χ2n) is 6.98. The van der Waals surface area contributed by atoms with Crippen molar-refractivity contribution in [2.75, 3.05) is 73.0 Å². The Labute approximate surface area is 230 Å². The summed E-state index contributed by atoms with van der Waals surface area (Å²) in [5, 5.41) is 3.60. The average molecular weight is 738 g/mol. The SMILES string of the molecule is Br.Br.Br.Br.Br.CN1CCCNCCN(CCc2ccccn2)CCCN(C)CC1. The molecular weight excluding hydrogens is 698 g/mol. The molecule has 0 aliphatic carbocycles. The van der Waals surface area contributed by atoms with Crippen molar-refractivity contribution in [2.24, 2.45) is 0 Å². The average Bonchev–Trinajstić information content (AvgIpc) is 2.60. The molecular formula is C19H40Br5N5. The van der Waals surface area contributed by atoms with Gasteiger partial charge in [-0.3, -0.25) is 4.98 Å². The van der Waals surface area contributed by atoms with E-state index in [0.717, 1.165) is 39.1 Å². The van der Waals surface area contributed by atoms with Crippen LogP contribution in [0.2, 0.25) is 0 Å². The van der Waals surface area contributed by atoms with E-state index >= 15 is 0 Å². The van der Waals surface area contributed by atoms with Crippen LogP contribution >= 0.6 is 84.9 Å². The van der Waals surface area contributed by atoms with Crippen LogP contribution in [0.3, 0.4) is 0 Å². The highest BCUT2D eigenvalue weighted by atomic mass is 79.9. The summed E-state index contributed by atoms with van der Waals surface area (Å²) >= 11 is 0. The van der Waals surface area contributed by atoms with E-state index < -0.39 is 0 Å². The van der Waals surface area contributed by atoms with Crippen molar-refractivity contribution in [3.8, 4) is 0 Å². The lowest BCUT2D eigenvalue weighted by Gasteiger charge is -2.26. The third-order valence-corrected chi connectivity index (χ3v) is 4.79. The zero-order valence-electron chi connectivity index (χ0n) is 17.6. The van der Waals surface area contributed by atoms with Crippen LogP contribution in [0.25, 0.3) is 0 Å². The maximum absolute atomic E-state index is 4.45. The molecule has 176 valence electrons. The van der Waals surface area contributed by atoms with Crippen molar-refractivity contribution in [1.82, 2.24) is 25.0 Å². The second kappa shape index (κ2) is 24.0. The molecule has 0 unspecified atom stereocenters. The summed E-state index contributed by atoms with van der Waals surface area (Å²) in [6, 6.07) is 6.20. The molecule has 2 heterocycles. The van der Waals surface area contributed by atoms with E-state index in [0.29, 0.717) is 0 Å².